The van der Waals surface area contributed by atoms with E-state index in [0.29, 0.717) is 0 Å². The summed E-state index contributed by atoms with van der Waals surface area (Å²) >= 11 is 5.79. The van der Waals surface area contributed by atoms with Gasteiger partial charge in [0.15, 0.2) is 5.06 Å². The van der Waals surface area contributed by atoms with Crippen LogP contribution in [0.3, 0.4) is 0 Å². The maximum atomic E-state index is 12.5. The van der Waals surface area contributed by atoms with Gasteiger partial charge in [0.05, 0.1) is 0 Å². The van der Waals surface area contributed by atoms with Crippen LogP contribution in [0.2, 0.25) is 0 Å². The molecule has 0 saturated carbocycles. The van der Waals surface area contributed by atoms with Crippen LogP contribution < -0.4 is 0 Å². The lowest BCUT2D eigenvalue weighted by molar-refractivity contribution is 0.346. The Bertz CT molecular complexity index is 248. The Morgan fingerprint density at radius 2 is 2.40 bits per heavy atom. The van der Waals surface area contributed by atoms with Crippen molar-refractivity contribution >= 4 is 11.6 Å². The Labute approximate surface area is 63.1 Å². The van der Waals surface area contributed by atoms with E-state index in [1.165, 1.54) is 12.2 Å². The first kappa shape index (κ1) is 6.38. The second-order valence-corrected chi connectivity index (χ2v) is 3.28. The summed E-state index contributed by atoms with van der Waals surface area (Å²) in [7, 11) is 0. The van der Waals surface area contributed by atoms with Gasteiger partial charge in [0.2, 0.25) is 0 Å². The number of halogens is 2. The number of allylic oxidation sites excluding steroid dienone is 2. The van der Waals surface area contributed by atoms with Crippen LogP contribution in [0.4, 0.5) is 4.39 Å². The SMILES string of the molecule is CC12C=CC(F)=CC1(Cl)O2. The van der Waals surface area contributed by atoms with E-state index in [1.807, 2.05) is 6.92 Å². The summed E-state index contributed by atoms with van der Waals surface area (Å²) in [5.41, 5.74) is -0.468. The Kier molecular flexibility index (Phi) is 0.930. The molecule has 2 aliphatic rings. The molecule has 0 amide bonds. The van der Waals surface area contributed by atoms with Gasteiger partial charge >= 0.3 is 0 Å². The van der Waals surface area contributed by atoms with Gasteiger partial charge in [-0.15, -0.1) is 0 Å². The molecule has 3 heteroatoms. The van der Waals surface area contributed by atoms with Crippen LogP contribution in [-0.2, 0) is 4.74 Å². The van der Waals surface area contributed by atoms with Crippen molar-refractivity contribution in [1.29, 1.82) is 0 Å². The Hall–Kier alpha value is -0.340. The molecule has 0 radical (unpaired) electrons. The number of epoxide rings is 1. The van der Waals surface area contributed by atoms with Crippen LogP contribution in [0, 0.1) is 0 Å². The van der Waals surface area contributed by atoms with E-state index in [9.17, 15) is 4.39 Å². The first-order valence-corrected chi connectivity index (χ1v) is 3.40. The van der Waals surface area contributed by atoms with Gasteiger partial charge in [0.25, 0.3) is 0 Å². The van der Waals surface area contributed by atoms with Crippen molar-refractivity contribution in [2.75, 3.05) is 0 Å². The van der Waals surface area contributed by atoms with Crippen molar-refractivity contribution in [2.24, 2.45) is 0 Å². The molecule has 1 nitrogen and oxygen atoms in total. The zero-order chi connectivity index (χ0) is 7.41. The monoisotopic (exact) mass is 160 g/mol. The van der Waals surface area contributed by atoms with E-state index in [-0.39, 0.29) is 5.83 Å². The quantitative estimate of drug-likeness (QED) is 0.391. The van der Waals surface area contributed by atoms with E-state index >= 15 is 0 Å². The van der Waals surface area contributed by atoms with Crippen molar-refractivity contribution in [2.45, 2.75) is 17.6 Å². The van der Waals surface area contributed by atoms with Crippen LogP contribution in [0.1, 0.15) is 6.92 Å². The number of ether oxygens (including phenoxy) is 1. The normalized spacial score (nSPS) is 50.1. The molecular weight excluding hydrogens is 155 g/mol. The molecule has 1 heterocycles. The summed E-state index contributed by atoms with van der Waals surface area (Å²) in [4.78, 5) is 0. The predicted molar refractivity (Wildman–Crippen MR) is 36.4 cm³/mol. The van der Waals surface area contributed by atoms with Crippen molar-refractivity contribution in [3.8, 4) is 0 Å². The van der Waals surface area contributed by atoms with Gasteiger partial charge in [0, 0.05) is 6.08 Å². The second kappa shape index (κ2) is 1.46. The molecule has 0 aromatic heterocycles. The molecule has 2 rings (SSSR count). The lowest BCUT2D eigenvalue weighted by Crippen LogP contribution is -2.14. The third-order valence-electron chi connectivity index (χ3n) is 1.88. The lowest BCUT2D eigenvalue weighted by atomic mass is 10.0. The molecule has 10 heavy (non-hydrogen) atoms. The summed E-state index contributed by atoms with van der Waals surface area (Å²) < 4.78 is 17.6. The molecule has 1 fully saturated rings. The first-order valence-electron chi connectivity index (χ1n) is 3.02. The van der Waals surface area contributed by atoms with Crippen molar-refractivity contribution in [3.05, 3.63) is 24.1 Å². The fourth-order valence-electron chi connectivity index (χ4n) is 1.07. The van der Waals surface area contributed by atoms with Crippen LogP contribution in [-0.4, -0.2) is 10.7 Å². The third kappa shape index (κ3) is 0.607. The highest BCUT2D eigenvalue weighted by Gasteiger charge is 2.65. The number of rotatable bonds is 0. The highest BCUT2D eigenvalue weighted by Crippen LogP contribution is 2.55. The largest absolute Gasteiger partial charge is 0.338 e. The molecule has 0 spiro atoms. The van der Waals surface area contributed by atoms with E-state index in [0.717, 1.165) is 0 Å². The number of alkyl halides is 1. The molecule has 54 valence electrons. The third-order valence-corrected chi connectivity index (χ3v) is 2.44. The zero-order valence-electron chi connectivity index (χ0n) is 5.40. The molecule has 0 bridgehead atoms. The Balaban J connectivity index is 2.40. The van der Waals surface area contributed by atoms with Crippen molar-refractivity contribution in [1.82, 2.24) is 0 Å². The molecule has 2 unspecified atom stereocenters. The molecule has 2 atom stereocenters. The molecular formula is C7H6ClFO. The summed E-state index contributed by atoms with van der Waals surface area (Å²) in [5, 5.41) is -0.897. The molecule has 0 N–H and O–H groups in total. The topological polar surface area (TPSA) is 12.5 Å². The van der Waals surface area contributed by atoms with E-state index in [2.05, 4.69) is 0 Å². The van der Waals surface area contributed by atoms with Gasteiger partial charge in [-0.1, -0.05) is 11.6 Å². The summed E-state index contributed by atoms with van der Waals surface area (Å²) in [6.45, 7) is 1.82. The molecule has 1 saturated heterocycles. The predicted octanol–water partition coefficient (Wildman–Crippen LogP) is 2.13. The highest BCUT2D eigenvalue weighted by atomic mass is 35.5. The first-order chi connectivity index (χ1) is 4.56. The van der Waals surface area contributed by atoms with Gasteiger partial charge in [0.1, 0.15) is 11.4 Å². The standard InChI is InChI=1S/C7H6ClFO/c1-6-3-2-5(9)4-7(6,8)10-6/h2-4H,1H3. The zero-order valence-corrected chi connectivity index (χ0v) is 6.15. The average Bonchev–Trinajstić information content (AvgIpc) is 2.33. The Morgan fingerprint density at radius 3 is 2.90 bits per heavy atom. The van der Waals surface area contributed by atoms with Gasteiger partial charge in [-0.05, 0) is 19.1 Å². The minimum atomic E-state index is -0.897. The second-order valence-electron chi connectivity index (χ2n) is 2.72. The average molecular weight is 161 g/mol. The molecule has 1 aliphatic heterocycles. The minimum absolute atomic E-state index is 0.329. The smallest absolute Gasteiger partial charge is 0.197 e. The summed E-state index contributed by atoms with van der Waals surface area (Å²) in [6, 6.07) is 0. The maximum absolute atomic E-state index is 12.5. The van der Waals surface area contributed by atoms with Gasteiger partial charge in [-0.3, -0.25) is 0 Å². The van der Waals surface area contributed by atoms with E-state index in [4.69, 9.17) is 16.3 Å². The number of hydrogen-bond acceptors (Lipinski definition) is 1. The highest BCUT2D eigenvalue weighted by molar-refractivity contribution is 6.27. The van der Waals surface area contributed by atoms with E-state index < -0.39 is 10.7 Å². The number of hydrogen-bond donors (Lipinski definition) is 0. The fraction of sp³-hybridized carbons (Fsp3) is 0.429. The minimum Gasteiger partial charge on any atom is -0.338 e. The van der Waals surface area contributed by atoms with Crippen molar-refractivity contribution in [3.63, 3.8) is 0 Å². The Morgan fingerprint density at radius 1 is 1.70 bits per heavy atom. The van der Waals surface area contributed by atoms with Gasteiger partial charge in [-0.2, -0.15) is 0 Å². The number of fused-ring (bicyclic) bond motifs is 1. The van der Waals surface area contributed by atoms with Crippen LogP contribution in [0.15, 0.2) is 24.1 Å². The van der Waals surface area contributed by atoms with Crippen LogP contribution >= 0.6 is 11.6 Å². The summed E-state index contributed by atoms with van der Waals surface area (Å²) in [6.07, 6.45) is 4.29. The molecule has 0 aromatic carbocycles. The van der Waals surface area contributed by atoms with E-state index in [1.54, 1.807) is 6.08 Å². The van der Waals surface area contributed by atoms with Gasteiger partial charge in [-0.25, -0.2) is 4.39 Å². The fourth-order valence-corrected chi connectivity index (χ4v) is 1.40. The lowest BCUT2D eigenvalue weighted by Gasteiger charge is -2.05. The van der Waals surface area contributed by atoms with Gasteiger partial charge < -0.3 is 4.74 Å². The molecule has 0 aromatic rings. The molecule has 1 aliphatic carbocycles. The summed E-state index contributed by atoms with van der Waals surface area (Å²) in [5.74, 6) is -0.329. The van der Waals surface area contributed by atoms with Crippen LogP contribution in [0.5, 0.6) is 0 Å². The van der Waals surface area contributed by atoms with Crippen LogP contribution in [0.25, 0.3) is 0 Å². The van der Waals surface area contributed by atoms with Crippen molar-refractivity contribution < 1.29 is 9.13 Å². The maximum Gasteiger partial charge on any atom is 0.197 e.